The number of benzene rings is 1. The minimum absolute atomic E-state index is 0.191. The number of fused-ring (bicyclic) bond motifs is 1. The van der Waals surface area contributed by atoms with Crippen molar-refractivity contribution in [3.63, 3.8) is 0 Å². The summed E-state index contributed by atoms with van der Waals surface area (Å²) in [4.78, 5) is 14.9. The molecule has 2 aromatic rings. The number of carbonyl (C=O) groups is 1. The molecule has 1 aliphatic carbocycles. The molecule has 4 rings (SSSR count). The van der Waals surface area contributed by atoms with Crippen LogP contribution in [0.2, 0.25) is 0 Å². The summed E-state index contributed by atoms with van der Waals surface area (Å²) in [7, 11) is 0. The molecule has 2 atom stereocenters. The first-order valence-corrected chi connectivity index (χ1v) is 8.58. The minimum atomic E-state index is 0.191. The van der Waals surface area contributed by atoms with Crippen molar-refractivity contribution in [1.29, 1.82) is 0 Å². The van der Waals surface area contributed by atoms with Gasteiger partial charge in [-0.2, -0.15) is 5.10 Å². The van der Waals surface area contributed by atoms with Gasteiger partial charge in [-0.25, -0.2) is 0 Å². The predicted molar refractivity (Wildman–Crippen MR) is 88.9 cm³/mol. The van der Waals surface area contributed by atoms with Crippen LogP contribution in [0.1, 0.15) is 42.1 Å². The second-order valence-corrected chi connectivity index (χ2v) is 6.88. The SMILES string of the molecule is Cc1cc2n(n1)CCN(C(=O)[C@@H]1CC[C@@H](c3ccccc3)C1)C2. The number of rotatable bonds is 2. The molecule has 0 spiro atoms. The van der Waals surface area contributed by atoms with Gasteiger partial charge in [-0.1, -0.05) is 30.3 Å². The zero-order chi connectivity index (χ0) is 15.8. The molecule has 4 nitrogen and oxygen atoms in total. The number of amides is 1. The molecule has 0 saturated heterocycles. The molecule has 1 amide bonds. The molecule has 1 aromatic carbocycles. The number of aromatic nitrogens is 2. The molecule has 0 radical (unpaired) electrons. The topological polar surface area (TPSA) is 38.1 Å². The minimum Gasteiger partial charge on any atom is -0.335 e. The highest BCUT2D eigenvalue weighted by Crippen LogP contribution is 2.39. The van der Waals surface area contributed by atoms with E-state index in [0.717, 1.165) is 38.0 Å². The zero-order valence-electron chi connectivity index (χ0n) is 13.6. The van der Waals surface area contributed by atoms with E-state index >= 15 is 0 Å². The van der Waals surface area contributed by atoms with Gasteiger partial charge in [0.15, 0.2) is 0 Å². The van der Waals surface area contributed by atoms with Gasteiger partial charge in [0.2, 0.25) is 5.91 Å². The fraction of sp³-hybridized carbons (Fsp3) is 0.474. The van der Waals surface area contributed by atoms with E-state index in [-0.39, 0.29) is 5.92 Å². The Morgan fingerprint density at radius 3 is 2.83 bits per heavy atom. The van der Waals surface area contributed by atoms with Gasteiger partial charge in [0.1, 0.15) is 0 Å². The van der Waals surface area contributed by atoms with Crippen LogP contribution in [0.4, 0.5) is 0 Å². The molecule has 1 fully saturated rings. The average Bonchev–Trinajstić information content (AvgIpc) is 3.20. The van der Waals surface area contributed by atoms with Gasteiger partial charge < -0.3 is 4.90 Å². The van der Waals surface area contributed by atoms with Crippen LogP contribution in [0, 0.1) is 12.8 Å². The predicted octanol–water partition coefficient (Wildman–Crippen LogP) is 3.12. The lowest BCUT2D eigenvalue weighted by Gasteiger charge is -2.30. The number of hydrogen-bond acceptors (Lipinski definition) is 2. The van der Waals surface area contributed by atoms with Crippen LogP contribution in [-0.2, 0) is 17.9 Å². The summed E-state index contributed by atoms with van der Waals surface area (Å²) in [5.74, 6) is 1.08. The van der Waals surface area contributed by atoms with Crippen LogP contribution >= 0.6 is 0 Å². The lowest BCUT2D eigenvalue weighted by atomic mass is 9.96. The number of carbonyl (C=O) groups excluding carboxylic acids is 1. The van der Waals surface area contributed by atoms with Gasteiger partial charge in [-0.15, -0.1) is 0 Å². The Morgan fingerprint density at radius 1 is 1.17 bits per heavy atom. The molecular weight excluding hydrogens is 286 g/mol. The van der Waals surface area contributed by atoms with Crippen LogP contribution in [-0.4, -0.2) is 27.1 Å². The fourth-order valence-corrected chi connectivity index (χ4v) is 4.09. The van der Waals surface area contributed by atoms with E-state index in [1.807, 2.05) is 16.5 Å². The normalized spacial score (nSPS) is 23.8. The third kappa shape index (κ3) is 2.78. The molecule has 1 saturated carbocycles. The molecule has 0 N–H and O–H groups in total. The maximum absolute atomic E-state index is 12.9. The second-order valence-electron chi connectivity index (χ2n) is 6.88. The van der Waals surface area contributed by atoms with E-state index in [1.165, 1.54) is 11.3 Å². The summed E-state index contributed by atoms with van der Waals surface area (Å²) in [6, 6.07) is 12.7. The summed E-state index contributed by atoms with van der Waals surface area (Å²) in [5.41, 5.74) is 3.59. The van der Waals surface area contributed by atoms with Gasteiger partial charge >= 0.3 is 0 Å². The van der Waals surface area contributed by atoms with Crippen LogP contribution in [0.25, 0.3) is 0 Å². The van der Waals surface area contributed by atoms with Crippen LogP contribution in [0.15, 0.2) is 36.4 Å². The molecular formula is C19H23N3O. The smallest absolute Gasteiger partial charge is 0.226 e. The Balaban J connectivity index is 1.42. The maximum Gasteiger partial charge on any atom is 0.226 e. The van der Waals surface area contributed by atoms with Crippen molar-refractivity contribution < 1.29 is 4.79 Å². The molecule has 0 bridgehead atoms. The lowest BCUT2D eigenvalue weighted by molar-refractivity contribution is -0.136. The monoisotopic (exact) mass is 309 g/mol. The van der Waals surface area contributed by atoms with Crippen LogP contribution in [0.3, 0.4) is 0 Å². The average molecular weight is 309 g/mol. The van der Waals surface area contributed by atoms with E-state index < -0.39 is 0 Å². The molecule has 1 aromatic heterocycles. The fourth-order valence-electron chi connectivity index (χ4n) is 4.09. The first-order valence-electron chi connectivity index (χ1n) is 8.58. The first-order chi connectivity index (χ1) is 11.2. The van der Waals surface area contributed by atoms with Crippen molar-refractivity contribution in [1.82, 2.24) is 14.7 Å². The Bertz CT molecular complexity index is 707. The maximum atomic E-state index is 12.9. The standard InChI is InChI=1S/C19H23N3O/c1-14-11-18-13-21(9-10-22(18)20-14)19(23)17-8-7-16(12-17)15-5-3-2-4-6-15/h2-6,11,16-17H,7-10,12-13H2,1H3/t16-,17-/m1/s1. The number of hydrogen-bond donors (Lipinski definition) is 0. The van der Waals surface area contributed by atoms with Crippen molar-refractivity contribution >= 4 is 5.91 Å². The van der Waals surface area contributed by atoms with Gasteiger partial charge in [0, 0.05) is 12.5 Å². The van der Waals surface area contributed by atoms with Gasteiger partial charge in [0.25, 0.3) is 0 Å². The molecule has 2 aliphatic rings. The summed E-state index contributed by atoms with van der Waals surface area (Å²) in [6.07, 6.45) is 3.15. The summed E-state index contributed by atoms with van der Waals surface area (Å²) < 4.78 is 2.04. The molecule has 23 heavy (non-hydrogen) atoms. The molecule has 120 valence electrons. The largest absolute Gasteiger partial charge is 0.335 e. The van der Waals surface area contributed by atoms with Gasteiger partial charge in [0.05, 0.1) is 24.5 Å². The van der Waals surface area contributed by atoms with Gasteiger partial charge in [-0.3, -0.25) is 9.48 Å². The van der Waals surface area contributed by atoms with E-state index in [4.69, 9.17) is 0 Å². The summed E-state index contributed by atoms with van der Waals surface area (Å²) >= 11 is 0. The van der Waals surface area contributed by atoms with Crippen molar-refractivity contribution in [2.24, 2.45) is 5.92 Å². The summed E-state index contributed by atoms with van der Waals surface area (Å²) in [6.45, 7) is 4.34. The Labute approximate surface area is 137 Å². The number of aryl methyl sites for hydroxylation is 1. The highest BCUT2D eigenvalue weighted by molar-refractivity contribution is 5.79. The Hall–Kier alpha value is -2.10. The quantitative estimate of drug-likeness (QED) is 0.855. The Kier molecular flexibility index (Phi) is 3.68. The first kappa shape index (κ1) is 14.5. The van der Waals surface area contributed by atoms with E-state index in [0.29, 0.717) is 18.4 Å². The van der Waals surface area contributed by atoms with E-state index in [2.05, 4.69) is 41.5 Å². The van der Waals surface area contributed by atoms with Gasteiger partial charge in [-0.05, 0) is 43.7 Å². The highest BCUT2D eigenvalue weighted by atomic mass is 16.2. The van der Waals surface area contributed by atoms with Crippen molar-refractivity contribution in [3.8, 4) is 0 Å². The van der Waals surface area contributed by atoms with E-state index in [9.17, 15) is 4.79 Å². The highest BCUT2D eigenvalue weighted by Gasteiger charge is 2.34. The second kappa shape index (κ2) is 5.84. The summed E-state index contributed by atoms with van der Waals surface area (Å²) in [5, 5.41) is 4.47. The van der Waals surface area contributed by atoms with Crippen LogP contribution in [0.5, 0.6) is 0 Å². The lowest BCUT2D eigenvalue weighted by Crippen LogP contribution is -2.41. The molecule has 0 unspecified atom stereocenters. The third-order valence-corrected chi connectivity index (χ3v) is 5.28. The molecule has 1 aliphatic heterocycles. The molecule has 2 heterocycles. The van der Waals surface area contributed by atoms with Crippen LogP contribution < -0.4 is 0 Å². The van der Waals surface area contributed by atoms with Crippen molar-refractivity contribution in [3.05, 3.63) is 53.3 Å². The van der Waals surface area contributed by atoms with E-state index in [1.54, 1.807) is 0 Å². The van der Waals surface area contributed by atoms with Crippen molar-refractivity contribution in [2.45, 2.75) is 45.2 Å². The zero-order valence-corrected chi connectivity index (χ0v) is 13.6. The number of nitrogens with zero attached hydrogens (tertiary/aromatic N) is 3. The Morgan fingerprint density at radius 2 is 2.00 bits per heavy atom. The third-order valence-electron chi connectivity index (χ3n) is 5.28. The van der Waals surface area contributed by atoms with Crippen molar-refractivity contribution in [2.75, 3.05) is 6.54 Å². The molecule has 4 heteroatoms.